The molecule has 0 amide bonds. The third-order valence-corrected chi connectivity index (χ3v) is 6.80. The summed E-state index contributed by atoms with van der Waals surface area (Å²) in [7, 11) is -12.9. The van der Waals surface area contributed by atoms with Crippen LogP contribution in [0.25, 0.3) is 0 Å². The maximum atomic E-state index is 12.2. The van der Waals surface area contributed by atoms with Crippen LogP contribution in [0, 0.1) is 0 Å². The average molecular weight is 336 g/mol. The summed E-state index contributed by atoms with van der Waals surface area (Å²) in [5, 5.41) is 0. The molecule has 0 aliphatic carbocycles. The molecule has 0 aromatic rings. The maximum absolute atomic E-state index is 12.2. The lowest BCUT2D eigenvalue weighted by molar-refractivity contribution is -0.0472. The van der Waals surface area contributed by atoms with E-state index in [9.17, 15) is 43.2 Å². The smallest absolute Gasteiger partial charge is 0.218 e. The van der Waals surface area contributed by atoms with E-state index in [2.05, 4.69) is 0 Å². The topological polar surface area (TPSA) is 68.3 Å². The van der Waals surface area contributed by atoms with Gasteiger partial charge in [-0.1, -0.05) is 19.8 Å². The van der Waals surface area contributed by atoms with Crippen LogP contribution in [0.3, 0.4) is 0 Å². The normalized spacial score (nSPS) is 14.9. The summed E-state index contributed by atoms with van der Waals surface area (Å²) >= 11 is 0. The lowest BCUT2D eigenvalue weighted by atomic mass is 10.3. The van der Waals surface area contributed by atoms with Gasteiger partial charge in [0.2, 0.25) is 0 Å². The van der Waals surface area contributed by atoms with Crippen molar-refractivity contribution < 1.29 is 43.2 Å². The van der Waals surface area contributed by atoms with Crippen LogP contribution < -0.4 is 0 Å². The second-order valence-electron chi connectivity index (χ2n) is 3.55. The van der Waals surface area contributed by atoms with Crippen molar-refractivity contribution in [3.8, 4) is 0 Å². The van der Waals surface area contributed by atoms with Crippen LogP contribution in [0.1, 0.15) is 26.2 Å². The molecule has 0 unspecified atom stereocenters. The fourth-order valence-electron chi connectivity index (χ4n) is 1.15. The molecule has 0 aromatic carbocycles. The molecule has 0 bridgehead atoms. The summed E-state index contributed by atoms with van der Waals surface area (Å²) in [6.45, 7) is 1.36. The fraction of sp³-hybridized carbons (Fsp3) is 1.00. The molecule has 0 saturated carbocycles. The molecule has 0 radical (unpaired) electrons. The van der Waals surface area contributed by atoms with E-state index in [1.54, 1.807) is 0 Å². The van der Waals surface area contributed by atoms with E-state index >= 15 is 0 Å². The Bertz CT molecular complexity index is 457. The van der Waals surface area contributed by atoms with Crippen molar-refractivity contribution in [2.45, 2.75) is 41.8 Å². The highest BCUT2D eigenvalue weighted by Crippen LogP contribution is 2.38. The van der Waals surface area contributed by atoms with Gasteiger partial charge in [-0.15, -0.1) is 0 Å². The molecule has 12 heteroatoms. The van der Waals surface area contributed by atoms with E-state index in [4.69, 9.17) is 0 Å². The van der Waals surface area contributed by atoms with Crippen LogP contribution in [0.4, 0.5) is 26.3 Å². The highest BCUT2D eigenvalue weighted by atomic mass is 32.3. The number of unbranched alkanes of at least 4 members (excludes halogenated alkanes) is 1. The molecule has 0 aliphatic heterocycles. The van der Waals surface area contributed by atoms with E-state index in [0.29, 0.717) is 0 Å². The summed E-state index contributed by atoms with van der Waals surface area (Å²) in [6, 6.07) is 0. The average Bonchev–Trinajstić information content (AvgIpc) is 2.13. The van der Waals surface area contributed by atoms with E-state index < -0.39 is 48.1 Å². The van der Waals surface area contributed by atoms with Crippen LogP contribution in [-0.2, 0) is 19.7 Å². The molecule has 0 saturated heterocycles. The van der Waals surface area contributed by atoms with Gasteiger partial charge in [-0.25, -0.2) is 16.8 Å². The largest absolute Gasteiger partial charge is 0.498 e. The van der Waals surface area contributed by atoms with E-state index in [0.717, 1.165) is 0 Å². The molecule has 4 nitrogen and oxygen atoms in total. The van der Waals surface area contributed by atoms with Gasteiger partial charge in [0.1, 0.15) is 0 Å². The molecule has 0 rings (SSSR count). The van der Waals surface area contributed by atoms with Crippen molar-refractivity contribution in [1.29, 1.82) is 0 Å². The monoisotopic (exact) mass is 336 g/mol. The predicted octanol–water partition coefficient (Wildman–Crippen LogP) is 2.37. The first-order valence-corrected chi connectivity index (χ1v) is 7.89. The van der Waals surface area contributed by atoms with Gasteiger partial charge >= 0.3 is 11.0 Å². The molecule has 0 aromatic heterocycles. The Kier molecular flexibility index (Phi) is 5.31. The quantitative estimate of drug-likeness (QED) is 0.723. The van der Waals surface area contributed by atoms with Gasteiger partial charge in [-0.3, -0.25) is 0 Å². The zero-order valence-electron chi connectivity index (χ0n) is 9.42. The van der Waals surface area contributed by atoms with Gasteiger partial charge in [-0.05, 0) is 6.42 Å². The van der Waals surface area contributed by atoms with Crippen LogP contribution in [0.15, 0.2) is 0 Å². The zero-order chi connectivity index (χ0) is 15.7. The molecular formula is C7H10F6O4S2. The van der Waals surface area contributed by atoms with E-state index in [1.165, 1.54) is 6.92 Å². The summed E-state index contributed by atoms with van der Waals surface area (Å²) in [4.78, 5) is 0. The number of hydrogen-bond donors (Lipinski definition) is 0. The lowest BCUT2D eigenvalue weighted by Gasteiger charge is -2.20. The van der Waals surface area contributed by atoms with Crippen LogP contribution in [0.2, 0.25) is 0 Å². The minimum absolute atomic E-state index is 0.0389. The Morgan fingerprint density at radius 1 is 0.842 bits per heavy atom. The van der Waals surface area contributed by atoms with E-state index in [-0.39, 0.29) is 6.42 Å². The summed E-state index contributed by atoms with van der Waals surface area (Å²) in [6.07, 6.45) is -1.63. The molecule has 19 heavy (non-hydrogen) atoms. The van der Waals surface area contributed by atoms with Gasteiger partial charge in [0.15, 0.2) is 4.58 Å². The molecule has 116 valence electrons. The molecule has 0 atom stereocenters. The Labute approximate surface area is 105 Å². The van der Waals surface area contributed by atoms with Crippen LogP contribution in [-0.4, -0.2) is 32.4 Å². The second-order valence-corrected chi connectivity index (χ2v) is 8.10. The number of alkyl halides is 6. The number of halogens is 6. The third-order valence-electron chi connectivity index (χ3n) is 2.13. The standard InChI is InChI=1S/C7H10F6O4S2/c1-2-3-4-5(18(14,15)6(8,9)10)19(16,17)7(11,12)13/h5H,2-4H2,1H3. The van der Waals surface area contributed by atoms with Gasteiger partial charge < -0.3 is 0 Å². The van der Waals surface area contributed by atoms with Crippen molar-refractivity contribution in [2.75, 3.05) is 0 Å². The van der Waals surface area contributed by atoms with Gasteiger partial charge in [0.25, 0.3) is 19.7 Å². The third kappa shape index (κ3) is 3.74. The van der Waals surface area contributed by atoms with Crippen molar-refractivity contribution in [3.63, 3.8) is 0 Å². The Hall–Kier alpha value is -0.520. The molecule has 0 N–H and O–H groups in total. The van der Waals surface area contributed by atoms with Gasteiger partial charge in [0, 0.05) is 0 Å². The van der Waals surface area contributed by atoms with Crippen molar-refractivity contribution in [2.24, 2.45) is 0 Å². The predicted molar refractivity (Wildman–Crippen MR) is 53.3 cm³/mol. The first kappa shape index (κ1) is 18.5. The second kappa shape index (κ2) is 5.46. The summed E-state index contributed by atoms with van der Waals surface area (Å²) in [5.74, 6) is 0. The fourth-order valence-corrected chi connectivity index (χ4v) is 4.68. The Morgan fingerprint density at radius 3 is 1.37 bits per heavy atom. The zero-order valence-corrected chi connectivity index (χ0v) is 11.0. The summed E-state index contributed by atoms with van der Waals surface area (Å²) in [5.41, 5.74) is -12.1. The van der Waals surface area contributed by atoms with Crippen LogP contribution in [0.5, 0.6) is 0 Å². The lowest BCUT2D eigenvalue weighted by Crippen LogP contribution is -2.44. The molecular weight excluding hydrogens is 326 g/mol. The molecule has 0 fully saturated rings. The maximum Gasteiger partial charge on any atom is 0.498 e. The molecule has 0 spiro atoms. The molecule has 0 aliphatic rings. The highest BCUT2D eigenvalue weighted by Gasteiger charge is 2.62. The highest BCUT2D eigenvalue weighted by molar-refractivity contribution is 8.09. The van der Waals surface area contributed by atoms with Crippen molar-refractivity contribution >= 4 is 19.7 Å². The molecule has 0 heterocycles. The van der Waals surface area contributed by atoms with Crippen molar-refractivity contribution in [1.82, 2.24) is 0 Å². The Morgan fingerprint density at radius 2 is 1.16 bits per heavy atom. The van der Waals surface area contributed by atoms with Gasteiger partial charge in [-0.2, -0.15) is 26.3 Å². The number of hydrogen-bond acceptors (Lipinski definition) is 4. The Balaban J connectivity index is 5.90. The SMILES string of the molecule is CCCCC(S(=O)(=O)C(F)(F)F)S(=O)(=O)C(F)(F)F. The first-order valence-electron chi connectivity index (χ1n) is 4.80. The van der Waals surface area contributed by atoms with E-state index in [1.807, 2.05) is 0 Å². The number of rotatable bonds is 5. The van der Waals surface area contributed by atoms with Crippen LogP contribution >= 0.6 is 0 Å². The number of sulfone groups is 2. The first-order chi connectivity index (χ1) is 8.19. The van der Waals surface area contributed by atoms with Gasteiger partial charge in [0.05, 0.1) is 0 Å². The minimum Gasteiger partial charge on any atom is -0.218 e. The van der Waals surface area contributed by atoms with Crippen molar-refractivity contribution in [3.05, 3.63) is 0 Å². The summed E-state index contributed by atoms with van der Waals surface area (Å²) < 4.78 is 113. The minimum atomic E-state index is -6.46.